The molecule has 2 heterocycles. The van der Waals surface area contributed by atoms with Gasteiger partial charge in [-0.2, -0.15) is 0 Å². The van der Waals surface area contributed by atoms with Gasteiger partial charge in [0, 0.05) is 25.2 Å². The molecule has 2 aliphatic heterocycles. The van der Waals surface area contributed by atoms with Gasteiger partial charge in [-0.25, -0.2) is 0 Å². The summed E-state index contributed by atoms with van der Waals surface area (Å²) in [6.07, 6.45) is 0.105. The fourth-order valence-electron chi connectivity index (χ4n) is 3.84. The van der Waals surface area contributed by atoms with Crippen LogP contribution in [0.4, 0.5) is 0 Å². The van der Waals surface area contributed by atoms with Crippen molar-refractivity contribution < 1.29 is 23.9 Å². The van der Waals surface area contributed by atoms with Crippen LogP contribution < -0.4 is 10.6 Å². The SMILES string of the molecule is CC(C)C[C@H](NC(=O)c1ccc(CN2CCOCC2)cc1)C(=O)N[C@@H]1C(=O)CO[C@@H]1C. The Hall–Kier alpha value is -2.29. The average Bonchev–Trinajstić information content (AvgIpc) is 3.06. The quantitative estimate of drug-likeness (QED) is 0.641. The number of rotatable bonds is 8. The van der Waals surface area contributed by atoms with Crippen LogP contribution in [0.1, 0.15) is 43.1 Å². The molecule has 2 N–H and O–H groups in total. The van der Waals surface area contributed by atoms with Crippen molar-refractivity contribution in [1.82, 2.24) is 15.5 Å². The maximum atomic E-state index is 12.8. The fraction of sp³-hybridized carbons (Fsp3) is 0.609. The Labute approximate surface area is 183 Å². The first-order valence-corrected chi connectivity index (χ1v) is 11.0. The van der Waals surface area contributed by atoms with Crippen molar-refractivity contribution in [2.75, 3.05) is 32.9 Å². The number of Topliss-reactive ketones (excluding diaryl/α,β-unsaturated/α-hetero) is 1. The summed E-state index contributed by atoms with van der Waals surface area (Å²) in [5, 5.41) is 5.59. The van der Waals surface area contributed by atoms with E-state index in [2.05, 4.69) is 15.5 Å². The number of benzene rings is 1. The molecule has 170 valence electrons. The van der Waals surface area contributed by atoms with Gasteiger partial charge in [0.15, 0.2) is 5.78 Å². The average molecular weight is 432 g/mol. The van der Waals surface area contributed by atoms with Crippen molar-refractivity contribution in [1.29, 1.82) is 0 Å². The Balaban J connectivity index is 1.60. The molecule has 0 radical (unpaired) electrons. The van der Waals surface area contributed by atoms with Crippen LogP contribution in [0.15, 0.2) is 24.3 Å². The molecule has 8 heteroatoms. The van der Waals surface area contributed by atoms with E-state index in [0.29, 0.717) is 12.0 Å². The van der Waals surface area contributed by atoms with Gasteiger partial charge in [0.2, 0.25) is 5.91 Å². The highest BCUT2D eigenvalue weighted by atomic mass is 16.5. The zero-order valence-corrected chi connectivity index (χ0v) is 18.6. The molecule has 0 unspecified atom stereocenters. The molecule has 2 saturated heterocycles. The molecule has 0 saturated carbocycles. The fourth-order valence-corrected chi connectivity index (χ4v) is 3.84. The molecule has 1 aromatic carbocycles. The Morgan fingerprint density at radius 3 is 2.42 bits per heavy atom. The normalized spacial score (nSPS) is 23.0. The summed E-state index contributed by atoms with van der Waals surface area (Å²) in [4.78, 5) is 39.9. The molecular formula is C23H33N3O5. The third-order valence-electron chi connectivity index (χ3n) is 5.66. The van der Waals surface area contributed by atoms with Gasteiger partial charge in [0.05, 0.1) is 19.3 Å². The van der Waals surface area contributed by atoms with Crippen LogP contribution in [0.5, 0.6) is 0 Å². The molecule has 2 aliphatic rings. The lowest BCUT2D eigenvalue weighted by molar-refractivity contribution is -0.127. The topological polar surface area (TPSA) is 97.0 Å². The highest BCUT2D eigenvalue weighted by molar-refractivity contribution is 5.99. The molecule has 0 aliphatic carbocycles. The minimum absolute atomic E-state index is 0.00409. The van der Waals surface area contributed by atoms with Gasteiger partial charge in [-0.15, -0.1) is 0 Å². The summed E-state index contributed by atoms with van der Waals surface area (Å²) < 4.78 is 10.7. The van der Waals surface area contributed by atoms with E-state index < -0.39 is 12.1 Å². The van der Waals surface area contributed by atoms with Crippen LogP contribution in [-0.2, 0) is 25.6 Å². The maximum absolute atomic E-state index is 12.8. The molecule has 31 heavy (non-hydrogen) atoms. The second-order valence-electron chi connectivity index (χ2n) is 8.71. The zero-order chi connectivity index (χ0) is 22.4. The number of ether oxygens (including phenoxy) is 2. The molecule has 2 amide bonds. The monoisotopic (exact) mass is 431 g/mol. The minimum atomic E-state index is -0.721. The van der Waals surface area contributed by atoms with E-state index in [0.717, 1.165) is 38.4 Å². The number of hydrogen-bond donors (Lipinski definition) is 2. The summed E-state index contributed by atoms with van der Waals surface area (Å²) in [5.41, 5.74) is 1.63. The molecule has 8 nitrogen and oxygen atoms in total. The van der Waals surface area contributed by atoms with E-state index in [-0.39, 0.29) is 36.2 Å². The van der Waals surface area contributed by atoms with E-state index >= 15 is 0 Å². The molecule has 1 aromatic rings. The first-order valence-electron chi connectivity index (χ1n) is 11.0. The van der Waals surface area contributed by atoms with Crippen molar-refractivity contribution >= 4 is 17.6 Å². The van der Waals surface area contributed by atoms with E-state index in [1.54, 1.807) is 19.1 Å². The second kappa shape index (κ2) is 10.8. The van der Waals surface area contributed by atoms with Crippen molar-refractivity contribution in [3.05, 3.63) is 35.4 Å². The van der Waals surface area contributed by atoms with Gasteiger partial charge in [0.1, 0.15) is 18.7 Å². The largest absolute Gasteiger partial charge is 0.379 e. The number of carbonyl (C=O) groups excluding carboxylic acids is 3. The highest BCUT2D eigenvalue weighted by Gasteiger charge is 2.35. The van der Waals surface area contributed by atoms with Crippen LogP contribution in [0.25, 0.3) is 0 Å². The standard InChI is InChI=1S/C23H33N3O5/c1-15(2)12-19(23(29)25-21-16(3)31-14-20(21)27)24-22(28)18-6-4-17(5-7-18)13-26-8-10-30-11-9-26/h4-7,15-16,19,21H,8-14H2,1-3H3,(H,24,28)(H,25,29)/t16-,19+,21+/m1/s1. The number of hydrogen-bond acceptors (Lipinski definition) is 6. The lowest BCUT2D eigenvalue weighted by Crippen LogP contribution is -2.53. The van der Waals surface area contributed by atoms with Crippen LogP contribution in [0, 0.1) is 5.92 Å². The highest BCUT2D eigenvalue weighted by Crippen LogP contribution is 2.13. The van der Waals surface area contributed by atoms with Crippen molar-refractivity contribution in [3.8, 4) is 0 Å². The number of ketones is 1. The van der Waals surface area contributed by atoms with Crippen molar-refractivity contribution in [2.24, 2.45) is 5.92 Å². The summed E-state index contributed by atoms with van der Waals surface area (Å²) in [7, 11) is 0. The summed E-state index contributed by atoms with van der Waals surface area (Å²) in [6.45, 7) is 9.85. The Morgan fingerprint density at radius 1 is 1.16 bits per heavy atom. The summed E-state index contributed by atoms with van der Waals surface area (Å²) in [5.74, 6) is -0.617. The minimum Gasteiger partial charge on any atom is -0.379 e. The van der Waals surface area contributed by atoms with Crippen LogP contribution in [0.3, 0.4) is 0 Å². The van der Waals surface area contributed by atoms with Gasteiger partial charge >= 0.3 is 0 Å². The number of morpholine rings is 1. The molecule has 3 rings (SSSR count). The number of nitrogens with zero attached hydrogens (tertiary/aromatic N) is 1. The van der Waals surface area contributed by atoms with Crippen LogP contribution >= 0.6 is 0 Å². The zero-order valence-electron chi connectivity index (χ0n) is 18.6. The molecule has 0 aromatic heterocycles. The number of nitrogens with one attached hydrogen (secondary N) is 2. The van der Waals surface area contributed by atoms with Crippen LogP contribution in [0.2, 0.25) is 0 Å². The van der Waals surface area contributed by atoms with Gasteiger partial charge < -0.3 is 20.1 Å². The van der Waals surface area contributed by atoms with E-state index in [1.807, 2.05) is 26.0 Å². The lowest BCUT2D eigenvalue weighted by atomic mass is 10.0. The molecule has 0 spiro atoms. The van der Waals surface area contributed by atoms with E-state index in [4.69, 9.17) is 9.47 Å². The van der Waals surface area contributed by atoms with Crippen molar-refractivity contribution in [3.63, 3.8) is 0 Å². The van der Waals surface area contributed by atoms with Gasteiger partial charge in [-0.05, 0) is 37.0 Å². The van der Waals surface area contributed by atoms with E-state index in [1.165, 1.54) is 0 Å². The molecule has 3 atom stereocenters. The van der Waals surface area contributed by atoms with Gasteiger partial charge in [-0.3, -0.25) is 19.3 Å². The molecule has 0 bridgehead atoms. The second-order valence-corrected chi connectivity index (χ2v) is 8.71. The summed E-state index contributed by atoms with van der Waals surface area (Å²) >= 11 is 0. The first-order chi connectivity index (χ1) is 14.8. The maximum Gasteiger partial charge on any atom is 0.251 e. The van der Waals surface area contributed by atoms with Crippen molar-refractivity contribution in [2.45, 2.75) is 51.9 Å². The number of amides is 2. The molecular weight excluding hydrogens is 398 g/mol. The van der Waals surface area contributed by atoms with Crippen LogP contribution in [-0.4, -0.2) is 73.6 Å². The molecule has 2 fully saturated rings. The van der Waals surface area contributed by atoms with Gasteiger partial charge in [0.25, 0.3) is 5.91 Å². The predicted octanol–water partition coefficient (Wildman–Crippen LogP) is 1.14. The Kier molecular flexibility index (Phi) is 8.17. The summed E-state index contributed by atoms with van der Waals surface area (Å²) in [6, 6.07) is 6.06. The third kappa shape index (κ3) is 6.59. The third-order valence-corrected chi connectivity index (χ3v) is 5.66. The predicted molar refractivity (Wildman–Crippen MR) is 116 cm³/mol. The Morgan fingerprint density at radius 2 is 1.84 bits per heavy atom. The Bertz CT molecular complexity index is 774. The first kappa shape index (κ1) is 23.4. The van der Waals surface area contributed by atoms with Gasteiger partial charge in [-0.1, -0.05) is 26.0 Å². The lowest BCUT2D eigenvalue weighted by Gasteiger charge is -2.26. The number of carbonyl (C=O) groups is 3. The van der Waals surface area contributed by atoms with E-state index in [9.17, 15) is 14.4 Å². The smallest absolute Gasteiger partial charge is 0.251 e.